The number of carbonyl (C=O) groups is 2. The average Bonchev–Trinajstić information content (AvgIpc) is 2.67. The van der Waals surface area contributed by atoms with Crippen molar-refractivity contribution in [3.63, 3.8) is 0 Å². The maximum atomic E-state index is 11.4. The van der Waals surface area contributed by atoms with E-state index in [9.17, 15) is 9.59 Å². The van der Waals surface area contributed by atoms with E-state index in [0.717, 1.165) is 10.7 Å². The van der Waals surface area contributed by atoms with Gasteiger partial charge in [0.05, 0.1) is 28.6 Å². The third-order valence-corrected chi connectivity index (χ3v) is 3.43. The second kappa shape index (κ2) is 5.49. The first-order valence-electron chi connectivity index (χ1n) is 5.66. The van der Waals surface area contributed by atoms with Crippen molar-refractivity contribution in [3.8, 4) is 0 Å². The first kappa shape index (κ1) is 13.0. The van der Waals surface area contributed by atoms with Crippen LogP contribution >= 0.6 is 11.3 Å². The molecule has 1 fully saturated rings. The molecule has 2 heterocycles. The van der Waals surface area contributed by atoms with Crippen LogP contribution in [0.4, 0.5) is 0 Å². The van der Waals surface area contributed by atoms with Gasteiger partial charge in [0.1, 0.15) is 0 Å². The van der Waals surface area contributed by atoms with Crippen LogP contribution in [0.3, 0.4) is 0 Å². The van der Waals surface area contributed by atoms with Gasteiger partial charge >= 0.3 is 19.1 Å². The van der Waals surface area contributed by atoms with Crippen LogP contribution < -0.4 is 10.1 Å². The predicted octanol–water partition coefficient (Wildman–Crippen LogP) is -0.601. The van der Waals surface area contributed by atoms with Gasteiger partial charge < -0.3 is 9.31 Å². The number of aryl methyl sites for hydroxylation is 2. The van der Waals surface area contributed by atoms with Gasteiger partial charge in [-0.2, -0.15) is 0 Å². The fourth-order valence-electron chi connectivity index (χ4n) is 1.64. The highest BCUT2D eigenvalue weighted by Gasteiger charge is 2.36. The molecule has 18 heavy (non-hydrogen) atoms. The van der Waals surface area contributed by atoms with Crippen LogP contribution in [0.5, 0.6) is 0 Å². The predicted molar refractivity (Wildman–Crippen MR) is 66.7 cm³/mol. The molecule has 0 aliphatic carbocycles. The van der Waals surface area contributed by atoms with Crippen molar-refractivity contribution in [2.75, 3.05) is 13.1 Å². The molecule has 0 bridgehead atoms. The van der Waals surface area contributed by atoms with E-state index in [1.807, 2.05) is 13.8 Å². The molecule has 0 amide bonds. The number of hydrogen-bond acceptors (Lipinski definition) is 7. The van der Waals surface area contributed by atoms with E-state index in [4.69, 9.17) is 9.31 Å². The van der Waals surface area contributed by atoms with E-state index in [-0.39, 0.29) is 13.1 Å². The number of thiazole rings is 1. The van der Waals surface area contributed by atoms with Gasteiger partial charge in [0, 0.05) is 0 Å². The Labute approximate surface area is 109 Å². The summed E-state index contributed by atoms with van der Waals surface area (Å²) in [6.07, 6.45) is 0.698. The molecule has 0 atom stereocenters. The molecule has 0 saturated carbocycles. The van der Waals surface area contributed by atoms with Crippen LogP contribution in [-0.2, 0) is 25.3 Å². The number of carbonyl (C=O) groups excluding carboxylic acids is 2. The molecule has 1 saturated heterocycles. The second-order valence-electron chi connectivity index (χ2n) is 3.81. The molecule has 0 spiro atoms. The molecular formula is C10H13BN2O4S. The summed E-state index contributed by atoms with van der Waals surface area (Å²) < 4.78 is 11.0. The van der Waals surface area contributed by atoms with Gasteiger partial charge in [0.25, 0.3) is 0 Å². The monoisotopic (exact) mass is 268 g/mol. The lowest BCUT2D eigenvalue weighted by Gasteiger charge is -2.17. The first-order chi connectivity index (χ1) is 8.60. The number of aromatic nitrogens is 1. The molecule has 2 rings (SSSR count). The molecule has 96 valence electrons. The van der Waals surface area contributed by atoms with Crippen LogP contribution in [0.1, 0.15) is 17.6 Å². The minimum absolute atomic E-state index is 0.00481. The summed E-state index contributed by atoms with van der Waals surface area (Å²) in [5, 5.41) is 3.49. The summed E-state index contributed by atoms with van der Waals surface area (Å²) in [5.41, 5.74) is 0.802. The second-order valence-corrected chi connectivity index (χ2v) is 5.05. The lowest BCUT2D eigenvalue weighted by molar-refractivity contribution is -0.141. The molecule has 1 aromatic rings. The van der Waals surface area contributed by atoms with Crippen molar-refractivity contribution in [1.82, 2.24) is 10.3 Å². The van der Waals surface area contributed by atoms with Crippen molar-refractivity contribution >= 4 is 35.2 Å². The lowest BCUT2D eigenvalue weighted by atomic mass is 9.85. The van der Waals surface area contributed by atoms with E-state index < -0.39 is 19.1 Å². The highest BCUT2D eigenvalue weighted by Crippen LogP contribution is 2.10. The number of hydrogen-bond donors (Lipinski definition) is 1. The average molecular weight is 268 g/mol. The smallest absolute Gasteiger partial charge is 0.494 e. The van der Waals surface area contributed by atoms with Crippen molar-refractivity contribution < 1.29 is 18.9 Å². The van der Waals surface area contributed by atoms with Crippen molar-refractivity contribution in [2.24, 2.45) is 0 Å². The van der Waals surface area contributed by atoms with Gasteiger partial charge in [-0.25, -0.2) is 4.98 Å². The van der Waals surface area contributed by atoms with Gasteiger partial charge in [-0.3, -0.25) is 14.9 Å². The van der Waals surface area contributed by atoms with Crippen molar-refractivity contribution in [2.45, 2.75) is 20.3 Å². The molecule has 1 aliphatic heterocycles. The SMILES string of the molecule is CCc1nc(C)sc1B1OC(=O)CNCC(=O)O1. The normalized spacial score (nSPS) is 16.9. The molecule has 1 aromatic heterocycles. The van der Waals surface area contributed by atoms with Gasteiger partial charge in [0.15, 0.2) is 0 Å². The zero-order valence-electron chi connectivity index (χ0n) is 10.2. The minimum Gasteiger partial charge on any atom is -0.494 e. The molecule has 1 aliphatic rings. The molecule has 1 N–H and O–H groups in total. The van der Waals surface area contributed by atoms with Crippen molar-refractivity contribution in [1.29, 1.82) is 0 Å². The summed E-state index contributed by atoms with van der Waals surface area (Å²) in [7, 11) is -0.965. The largest absolute Gasteiger partial charge is 0.649 e. The van der Waals surface area contributed by atoms with Gasteiger partial charge in [0.2, 0.25) is 0 Å². The number of nitrogens with zero attached hydrogens (tertiary/aromatic N) is 1. The first-order valence-corrected chi connectivity index (χ1v) is 6.47. The lowest BCUT2D eigenvalue weighted by Crippen LogP contribution is -2.47. The molecule has 6 nitrogen and oxygen atoms in total. The third kappa shape index (κ3) is 2.88. The molecular weight excluding hydrogens is 255 g/mol. The van der Waals surface area contributed by atoms with Crippen LogP contribution in [0, 0.1) is 6.92 Å². The van der Waals surface area contributed by atoms with Crippen LogP contribution in [0.15, 0.2) is 0 Å². The summed E-state index contributed by atoms with van der Waals surface area (Å²) in [6.45, 7) is 3.82. The van der Waals surface area contributed by atoms with Crippen LogP contribution in [-0.4, -0.2) is 37.1 Å². The maximum Gasteiger partial charge on any atom is 0.649 e. The summed E-state index contributed by atoms with van der Waals surface area (Å²) >= 11 is 1.38. The maximum absolute atomic E-state index is 11.4. The number of rotatable bonds is 2. The summed E-state index contributed by atoms with van der Waals surface area (Å²) in [5.74, 6) is -0.888. The van der Waals surface area contributed by atoms with E-state index in [1.54, 1.807) is 0 Å². The van der Waals surface area contributed by atoms with Gasteiger partial charge in [-0.05, 0) is 13.3 Å². The zero-order valence-corrected chi connectivity index (χ0v) is 11.0. The fourth-order valence-corrected chi connectivity index (χ4v) is 2.62. The Bertz CT molecular complexity index is 458. The van der Waals surface area contributed by atoms with E-state index in [0.29, 0.717) is 11.2 Å². The van der Waals surface area contributed by atoms with E-state index in [2.05, 4.69) is 10.3 Å². The summed E-state index contributed by atoms with van der Waals surface area (Å²) in [6, 6.07) is 0. The quantitative estimate of drug-likeness (QED) is 0.722. The molecule has 0 unspecified atom stereocenters. The third-order valence-electron chi connectivity index (χ3n) is 2.40. The Hall–Kier alpha value is -1.41. The Morgan fingerprint density at radius 3 is 2.50 bits per heavy atom. The van der Waals surface area contributed by atoms with E-state index in [1.165, 1.54) is 11.3 Å². The summed E-state index contributed by atoms with van der Waals surface area (Å²) in [4.78, 5) is 27.2. The molecule has 0 aromatic carbocycles. The Balaban J connectivity index is 2.26. The zero-order chi connectivity index (χ0) is 13.1. The molecule has 0 radical (unpaired) electrons. The van der Waals surface area contributed by atoms with Gasteiger partial charge in [-0.15, -0.1) is 11.3 Å². The van der Waals surface area contributed by atoms with Crippen LogP contribution in [0.2, 0.25) is 0 Å². The minimum atomic E-state index is -0.965. The van der Waals surface area contributed by atoms with E-state index >= 15 is 0 Å². The van der Waals surface area contributed by atoms with Gasteiger partial charge in [-0.1, -0.05) is 6.92 Å². The highest BCUT2D eigenvalue weighted by molar-refractivity contribution is 7.22. The molecule has 8 heteroatoms. The highest BCUT2D eigenvalue weighted by atomic mass is 32.1. The number of nitrogens with one attached hydrogen (secondary N) is 1. The standard InChI is InChI=1S/C10H13BN2O4S/c1-3-7-10(18-6(2)13-7)11-16-8(14)4-12-5-9(15)17-11/h12H,3-5H2,1-2H3. The fraction of sp³-hybridized carbons (Fsp3) is 0.500. The Morgan fingerprint density at radius 1 is 1.33 bits per heavy atom. The van der Waals surface area contributed by atoms with Crippen LogP contribution in [0.25, 0.3) is 0 Å². The Morgan fingerprint density at radius 2 is 1.94 bits per heavy atom. The topological polar surface area (TPSA) is 77.5 Å². The van der Waals surface area contributed by atoms with Crippen molar-refractivity contribution in [3.05, 3.63) is 10.7 Å². The Kier molecular flexibility index (Phi) is 3.98.